The standard InChI is InChI=1S/C19H24F3N3O3/c1-24-10-7-23-18(27)16(24)12-17(26)25-8-5-14(6-9-25)28-15-4-2-3-13(11-15)19(20,21)22/h2-4,11,14,16H,5-10,12H2,1H3,(H,23,27)/t16-/m0/s1. The van der Waals surface area contributed by atoms with Crippen molar-refractivity contribution in [1.29, 1.82) is 0 Å². The fourth-order valence-electron chi connectivity index (χ4n) is 3.53. The highest BCUT2D eigenvalue weighted by atomic mass is 19.4. The Morgan fingerprint density at radius 1 is 1.25 bits per heavy atom. The zero-order chi connectivity index (χ0) is 20.3. The van der Waals surface area contributed by atoms with Gasteiger partial charge in [0.2, 0.25) is 11.8 Å². The Hall–Kier alpha value is -2.29. The number of likely N-dealkylation sites (tertiary alicyclic amines) is 1. The molecule has 0 unspecified atom stereocenters. The summed E-state index contributed by atoms with van der Waals surface area (Å²) in [5.41, 5.74) is -0.743. The van der Waals surface area contributed by atoms with Crippen molar-refractivity contribution in [1.82, 2.24) is 15.1 Å². The van der Waals surface area contributed by atoms with Gasteiger partial charge in [-0.15, -0.1) is 0 Å². The molecule has 2 amide bonds. The molecule has 2 fully saturated rings. The number of rotatable bonds is 4. The van der Waals surface area contributed by atoms with Gasteiger partial charge in [0.25, 0.3) is 0 Å². The van der Waals surface area contributed by atoms with E-state index in [9.17, 15) is 22.8 Å². The monoisotopic (exact) mass is 399 g/mol. The maximum atomic E-state index is 12.8. The third-order valence-corrected chi connectivity index (χ3v) is 5.23. The molecule has 6 nitrogen and oxygen atoms in total. The summed E-state index contributed by atoms with van der Waals surface area (Å²) in [6, 6.07) is 4.37. The van der Waals surface area contributed by atoms with Gasteiger partial charge in [-0.3, -0.25) is 14.5 Å². The second kappa shape index (κ2) is 8.38. The minimum atomic E-state index is -4.41. The minimum absolute atomic E-state index is 0.0913. The van der Waals surface area contributed by atoms with Crippen LogP contribution in [0.2, 0.25) is 0 Å². The number of hydrogen-bond acceptors (Lipinski definition) is 4. The van der Waals surface area contributed by atoms with Crippen LogP contribution in [0.5, 0.6) is 5.75 Å². The summed E-state index contributed by atoms with van der Waals surface area (Å²) in [4.78, 5) is 28.1. The average Bonchev–Trinajstić information content (AvgIpc) is 2.65. The second-order valence-electron chi connectivity index (χ2n) is 7.22. The fraction of sp³-hybridized carbons (Fsp3) is 0.579. The number of piperazine rings is 1. The van der Waals surface area contributed by atoms with Crippen LogP contribution in [0.15, 0.2) is 24.3 Å². The largest absolute Gasteiger partial charge is 0.490 e. The van der Waals surface area contributed by atoms with E-state index in [0.717, 1.165) is 12.1 Å². The molecule has 0 saturated carbocycles. The van der Waals surface area contributed by atoms with Crippen molar-refractivity contribution in [3.05, 3.63) is 29.8 Å². The lowest BCUT2D eigenvalue weighted by Gasteiger charge is -2.35. The van der Waals surface area contributed by atoms with Gasteiger partial charge in [-0.1, -0.05) is 6.07 Å². The number of ether oxygens (including phenoxy) is 1. The van der Waals surface area contributed by atoms with Crippen LogP contribution in [0, 0.1) is 0 Å². The van der Waals surface area contributed by atoms with E-state index in [0.29, 0.717) is 39.0 Å². The molecule has 0 aromatic heterocycles. The fourth-order valence-corrected chi connectivity index (χ4v) is 3.53. The number of halogens is 3. The summed E-state index contributed by atoms with van der Waals surface area (Å²) in [5.74, 6) is -0.0450. The number of likely N-dealkylation sites (N-methyl/N-ethyl adjacent to an activating group) is 1. The van der Waals surface area contributed by atoms with E-state index in [1.807, 2.05) is 11.9 Å². The Morgan fingerprint density at radius 2 is 1.96 bits per heavy atom. The molecule has 1 aromatic carbocycles. The van der Waals surface area contributed by atoms with Gasteiger partial charge >= 0.3 is 6.18 Å². The van der Waals surface area contributed by atoms with Gasteiger partial charge in [-0.2, -0.15) is 13.2 Å². The molecule has 2 saturated heterocycles. The molecule has 2 heterocycles. The van der Waals surface area contributed by atoms with Crippen molar-refractivity contribution < 1.29 is 27.5 Å². The van der Waals surface area contributed by atoms with Gasteiger partial charge in [0.1, 0.15) is 11.9 Å². The molecule has 2 aliphatic rings. The van der Waals surface area contributed by atoms with Gasteiger partial charge in [0.15, 0.2) is 0 Å². The van der Waals surface area contributed by atoms with Gasteiger partial charge in [-0.05, 0) is 25.2 Å². The van der Waals surface area contributed by atoms with E-state index < -0.39 is 17.8 Å². The number of carbonyl (C=O) groups excluding carboxylic acids is 2. The summed E-state index contributed by atoms with van der Waals surface area (Å²) in [5, 5.41) is 2.77. The van der Waals surface area contributed by atoms with Crippen molar-refractivity contribution in [3.8, 4) is 5.75 Å². The number of amides is 2. The lowest BCUT2D eigenvalue weighted by atomic mass is 10.0. The molecule has 9 heteroatoms. The maximum Gasteiger partial charge on any atom is 0.416 e. The summed E-state index contributed by atoms with van der Waals surface area (Å²) in [6.07, 6.45) is -3.45. The molecular weight excluding hydrogens is 375 g/mol. The highest BCUT2D eigenvalue weighted by Crippen LogP contribution is 2.32. The molecule has 0 spiro atoms. The van der Waals surface area contributed by atoms with E-state index in [1.54, 1.807) is 4.90 Å². The first kappa shape index (κ1) is 20.4. The predicted octanol–water partition coefficient (Wildman–Crippen LogP) is 1.90. The van der Waals surface area contributed by atoms with Crippen molar-refractivity contribution in [3.63, 3.8) is 0 Å². The molecule has 0 radical (unpaired) electrons. The van der Waals surface area contributed by atoms with E-state index in [4.69, 9.17) is 4.74 Å². The zero-order valence-electron chi connectivity index (χ0n) is 15.7. The third-order valence-electron chi connectivity index (χ3n) is 5.23. The average molecular weight is 399 g/mol. The lowest BCUT2D eigenvalue weighted by Crippen LogP contribution is -2.55. The topological polar surface area (TPSA) is 61.9 Å². The molecule has 1 atom stereocenters. The number of piperidine rings is 1. The van der Waals surface area contributed by atoms with Crippen LogP contribution in [0.4, 0.5) is 13.2 Å². The minimum Gasteiger partial charge on any atom is -0.490 e. The Labute approximate surface area is 161 Å². The Morgan fingerprint density at radius 3 is 2.61 bits per heavy atom. The highest BCUT2D eigenvalue weighted by Gasteiger charge is 2.33. The van der Waals surface area contributed by atoms with E-state index in [-0.39, 0.29) is 30.1 Å². The second-order valence-corrected chi connectivity index (χ2v) is 7.22. The molecule has 154 valence electrons. The first-order chi connectivity index (χ1) is 13.2. The highest BCUT2D eigenvalue weighted by molar-refractivity contribution is 5.88. The SMILES string of the molecule is CN1CCNC(=O)[C@@H]1CC(=O)N1CCC(Oc2cccc(C(F)(F)F)c2)CC1. The lowest BCUT2D eigenvalue weighted by molar-refractivity contribution is -0.139. The van der Waals surface area contributed by atoms with Crippen LogP contribution in [0.1, 0.15) is 24.8 Å². The van der Waals surface area contributed by atoms with Gasteiger partial charge in [-0.25, -0.2) is 0 Å². The van der Waals surface area contributed by atoms with Crippen LogP contribution in [-0.4, -0.2) is 67.0 Å². The summed E-state index contributed by atoms with van der Waals surface area (Å²) in [6.45, 7) is 2.20. The van der Waals surface area contributed by atoms with Crippen molar-refractivity contribution in [2.75, 3.05) is 33.2 Å². The number of nitrogens with one attached hydrogen (secondary N) is 1. The van der Waals surface area contributed by atoms with E-state index in [1.165, 1.54) is 12.1 Å². The Kier molecular flexibility index (Phi) is 6.12. The van der Waals surface area contributed by atoms with E-state index in [2.05, 4.69) is 5.32 Å². The molecule has 1 N–H and O–H groups in total. The first-order valence-electron chi connectivity index (χ1n) is 9.33. The predicted molar refractivity (Wildman–Crippen MR) is 95.7 cm³/mol. The number of alkyl halides is 3. The van der Waals surface area contributed by atoms with E-state index >= 15 is 0 Å². The van der Waals surface area contributed by atoms with Crippen molar-refractivity contribution in [2.45, 2.75) is 37.6 Å². The first-order valence-corrected chi connectivity index (χ1v) is 9.33. The molecule has 2 aliphatic heterocycles. The van der Waals surface area contributed by atoms with Gasteiger partial charge < -0.3 is 15.0 Å². The summed E-state index contributed by atoms with van der Waals surface area (Å²) >= 11 is 0. The van der Waals surface area contributed by atoms with Gasteiger partial charge in [0.05, 0.1) is 18.0 Å². The molecule has 0 aliphatic carbocycles. The maximum absolute atomic E-state index is 12.8. The number of nitrogens with zero attached hydrogens (tertiary/aromatic N) is 2. The molecule has 3 rings (SSSR count). The summed E-state index contributed by atoms with van der Waals surface area (Å²) < 4.78 is 44.1. The molecule has 0 bridgehead atoms. The molecule has 1 aromatic rings. The van der Waals surface area contributed by atoms with Crippen molar-refractivity contribution >= 4 is 11.8 Å². The molecular formula is C19H24F3N3O3. The summed E-state index contributed by atoms with van der Waals surface area (Å²) in [7, 11) is 1.83. The Balaban J connectivity index is 1.50. The van der Waals surface area contributed by atoms with Crippen LogP contribution in [0.25, 0.3) is 0 Å². The van der Waals surface area contributed by atoms with Crippen LogP contribution in [-0.2, 0) is 15.8 Å². The van der Waals surface area contributed by atoms with Crippen LogP contribution < -0.4 is 10.1 Å². The Bertz CT molecular complexity index is 718. The van der Waals surface area contributed by atoms with Crippen molar-refractivity contribution in [2.24, 2.45) is 0 Å². The van der Waals surface area contributed by atoms with Gasteiger partial charge in [0, 0.05) is 39.0 Å². The number of carbonyl (C=O) groups is 2. The normalized spacial score (nSPS) is 22.1. The number of hydrogen-bond donors (Lipinski definition) is 1. The van der Waals surface area contributed by atoms with Crippen LogP contribution in [0.3, 0.4) is 0 Å². The smallest absolute Gasteiger partial charge is 0.416 e. The number of benzene rings is 1. The third kappa shape index (κ3) is 4.95. The quantitative estimate of drug-likeness (QED) is 0.840. The molecule has 28 heavy (non-hydrogen) atoms. The van der Waals surface area contributed by atoms with Crippen LogP contribution >= 0.6 is 0 Å². The zero-order valence-corrected chi connectivity index (χ0v) is 15.7.